The van der Waals surface area contributed by atoms with Gasteiger partial charge in [0.2, 0.25) is 6.20 Å². The average Bonchev–Trinajstić information content (AvgIpc) is 2.31. The van der Waals surface area contributed by atoms with E-state index in [1.54, 1.807) is 13.3 Å². The van der Waals surface area contributed by atoms with E-state index in [2.05, 4.69) is 4.37 Å². The van der Waals surface area contributed by atoms with Crippen molar-refractivity contribution in [3.05, 3.63) is 6.20 Å². The normalized spacial score (nSPS) is 10.2. The minimum absolute atomic E-state index is 0.801. The smallest absolute Gasteiger partial charge is 0.341 e. The molecule has 0 aliphatic rings. The molecule has 0 aliphatic carbocycles. The molecule has 0 aromatic carbocycles. The maximum atomic E-state index is 10.1. The Hall–Kier alpha value is -0.800. The van der Waals surface area contributed by atoms with Crippen LogP contribution in [0.2, 0.25) is 0 Å². The van der Waals surface area contributed by atoms with E-state index in [1.807, 2.05) is 11.0 Å². The lowest BCUT2D eigenvalue weighted by Gasteiger charge is -1.86. The first-order valence-corrected chi connectivity index (χ1v) is 4.89. The molecular weight excluding hydrogens is 223 g/mol. The van der Waals surface area contributed by atoms with Gasteiger partial charge in [0, 0.05) is 4.37 Å². The molecule has 0 spiro atoms. The van der Waals surface area contributed by atoms with Gasteiger partial charge in [0.15, 0.2) is 0 Å². The van der Waals surface area contributed by atoms with E-state index in [9.17, 15) is 3.89 Å². The molecule has 9 heteroatoms. The van der Waals surface area contributed by atoms with Gasteiger partial charge in [-0.1, -0.05) is 0 Å². The van der Waals surface area contributed by atoms with Crippen molar-refractivity contribution in [1.29, 1.82) is 0 Å². The second kappa shape index (κ2) is 5.04. The van der Waals surface area contributed by atoms with Gasteiger partial charge in [-0.2, -0.15) is 0 Å². The molecule has 76 valence electrons. The van der Waals surface area contributed by atoms with Gasteiger partial charge in [-0.15, -0.1) is 7.84 Å². The van der Waals surface area contributed by atoms with Crippen LogP contribution in [0.4, 0.5) is 3.89 Å². The SMILES string of the molecule is COc1cns[n+]1C.O=S(=O)([O-])F. The molecule has 1 rings (SSSR count). The largest absolute Gasteiger partial charge is 0.722 e. The van der Waals surface area contributed by atoms with Crippen LogP contribution in [0.25, 0.3) is 0 Å². The van der Waals surface area contributed by atoms with E-state index < -0.39 is 10.5 Å². The average molecular weight is 230 g/mol. The highest BCUT2D eigenvalue weighted by Gasteiger charge is 2.05. The number of hydrogen-bond acceptors (Lipinski definition) is 6. The lowest BCUT2D eigenvalue weighted by atomic mass is 10.8. The van der Waals surface area contributed by atoms with Crippen LogP contribution in [0, 0.1) is 0 Å². The molecule has 0 bridgehead atoms. The molecule has 6 nitrogen and oxygen atoms in total. The first-order chi connectivity index (χ1) is 5.84. The van der Waals surface area contributed by atoms with Gasteiger partial charge in [0.25, 0.3) is 22.2 Å². The van der Waals surface area contributed by atoms with Crippen molar-refractivity contribution in [2.75, 3.05) is 7.11 Å². The van der Waals surface area contributed by atoms with Crippen LogP contribution >= 0.6 is 11.7 Å². The molecule has 0 fully saturated rings. The van der Waals surface area contributed by atoms with Gasteiger partial charge in [-0.05, 0) is 0 Å². The van der Waals surface area contributed by atoms with Crippen molar-refractivity contribution in [2.24, 2.45) is 7.05 Å². The Morgan fingerprint density at radius 1 is 1.77 bits per heavy atom. The van der Waals surface area contributed by atoms with Crippen LogP contribution in [0.5, 0.6) is 5.88 Å². The van der Waals surface area contributed by atoms with Crippen LogP contribution in [0.3, 0.4) is 0 Å². The van der Waals surface area contributed by atoms with E-state index >= 15 is 0 Å². The molecule has 0 aliphatic heterocycles. The lowest BCUT2D eigenvalue weighted by Crippen LogP contribution is -2.23. The lowest BCUT2D eigenvalue weighted by molar-refractivity contribution is -0.607. The minimum Gasteiger partial charge on any atom is -0.722 e. The molecule has 0 unspecified atom stereocenters. The van der Waals surface area contributed by atoms with Gasteiger partial charge >= 0.3 is 5.88 Å². The Balaban J connectivity index is 0.000000252. The summed E-state index contributed by atoms with van der Waals surface area (Å²) in [5, 5.41) is 0. The first-order valence-electron chi connectivity index (χ1n) is 2.85. The maximum Gasteiger partial charge on any atom is 0.341 e. The molecule has 0 N–H and O–H groups in total. The number of aryl methyl sites for hydroxylation is 1. The van der Waals surface area contributed by atoms with Crippen molar-refractivity contribution in [2.45, 2.75) is 0 Å². The number of ether oxygens (including phenoxy) is 1. The Morgan fingerprint density at radius 3 is 2.38 bits per heavy atom. The summed E-state index contributed by atoms with van der Waals surface area (Å²) in [5.41, 5.74) is 0. The summed E-state index contributed by atoms with van der Waals surface area (Å²) in [6.07, 6.45) is 1.69. The predicted octanol–water partition coefficient (Wildman–Crippen LogP) is -0.608. The van der Waals surface area contributed by atoms with Gasteiger partial charge in [0.05, 0.1) is 14.2 Å². The summed E-state index contributed by atoms with van der Waals surface area (Å²) in [6, 6.07) is 0. The third-order valence-electron chi connectivity index (χ3n) is 0.852. The van der Waals surface area contributed by atoms with Crippen LogP contribution < -0.4 is 8.69 Å². The van der Waals surface area contributed by atoms with Gasteiger partial charge in [0.1, 0.15) is 0 Å². The fourth-order valence-electron chi connectivity index (χ4n) is 0.442. The van der Waals surface area contributed by atoms with Gasteiger partial charge in [-0.25, -0.2) is 8.42 Å². The van der Waals surface area contributed by atoms with Crippen molar-refractivity contribution < 1.29 is 25.5 Å². The number of hydrogen-bond donors (Lipinski definition) is 0. The number of rotatable bonds is 1. The number of methoxy groups -OCH3 is 1. The Bertz CT molecular complexity index is 341. The Morgan fingerprint density at radius 2 is 2.23 bits per heavy atom. The van der Waals surface area contributed by atoms with E-state index in [-0.39, 0.29) is 0 Å². The third-order valence-corrected chi connectivity index (χ3v) is 1.48. The molecule has 1 aromatic rings. The molecule has 1 aromatic heterocycles. The summed E-state index contributed by atoms with van der Waals surface area (Å²) < 4.78 is 45.9. The summed E-state index contributed by atoms with van der Waals surface area (Å²) in [4.78, 5) is 0. The van der Waals surface area contributed by atoms with Gasteiger partial charge < -0.3 is 9.29 Å². The second-order valence-electron chi connectivity index (χ2n) is 1.75. The fraction of sp³-hybridized carbons (Fsp3) is 0.500. The predicted molar refractivity (Wildman–Crippen MR) is 40.6 cm³/mol. The van der Waals surface area contributed by atoms with E-state index in [1.165, 1.54) is 11.7 Å². The monoisotopic (exact) mass is 230 g/mol. The molecule has 0 saturated carbocycles. The molecule has 0 amide bonds. The Labute approximate surface area is 78.9 Å². The summed E-state index contributed by atoms with van der Waals surface area (Å²) in [5.74, 6) is 0.801. The molecule has 0 atom stereocenters. The van der Waals surface area contributed by atoms with Crippen molar-refractivity contribution in [3.63, 3.8) is 0 Å². The molecule has 0 saturated heterocycles. The number of aromatic nitrogens is 2. The van der Waals surface area contributed by atoms with Crippen LogP contribution in [-0.4, -0.2) is 24.5 Å². The second-order valence-corrected chi connectivity index (χ2v) is 3.46. The fourth-order valence-corrected chi connectivity index (χ4v) is 0.923. The third kappa shape index (κ3) is 7.56. The van der Waals surface area contributed by atoms with Crippen LogP contribution in [-0.2, 0) is 17.6 Å². The first kappa shape index (κ1) is 12.2. The maximum absolute atomic E-state index is 10.1. The van der Waals surface area contributed by atoms with E-state index in [0.29, 0.717) is 0 Å². The van der Waals surface area contributed by atoms with E-state index in [0.717, 1.165) is 5.88 Å². The topological polar surface area (TPSA) is 83.2 Å². The minimum atomic E-state index is -5.42. The molecule has 1 heterocycles. The van der Waals surface area contributed by atoms with Gasteiger partial charge in [-0.3, -0.25) is 0 Å². The van der Waals surface area contributed by atoms with Crippen LogP contribution in [0.1, 0.15) is 0 Å². The van der Waals surface area contributed by atoms with Crippen molar-refractivity contribution >= 4 is 22.2 Å². The summed E-state index contributed by atoms with van der Waals surface area (Å²) in [7, 11) is -1.89. The summed E-state index contributed by atoms with van der Waals surface area (Å²) in [6.45, 7) is 0. The Kier molecular flexibility index (Phi) is 4.73. The zero-order chi connectivity index (χ0) is 10.5. The number of nitrogens with zero attached hydrogens (tertiary/aromatic N) is 2. The molecule has 13 heavy (non-hydrogen) atoms. The zero-order valence-corrected chi connectivity index (χ0v) is 8.43. The quantitative estimate of drug-likeness (QED) is 0.365. The highest BCUT2D eigenvalue weighted by Crippen LogP contribution is 1.98. The highest BCUT2D eigenvalue weighted by atomic mass is 32.3. The number of halogens is 1. The molecule has 0 radical (unpaired) electrons. The van der Waals surface area contributed by atoms with Crippen molar-refractivity contribution in [1.82, 2.24) is 4.37 Å². The highest BCUT2D eigenvalue weighted by molar-refractivity contribution is 7.80. The summed E-state index contributed by atoms with van der Waals surface area (Å²) >= 11 is 1.37. The van der Waals surface area contributed by atoms with E-state index in [4.69, 9.17) is 17.7 Å². The molecular formula is C4H7FN2O4S2. The van der Waals surface area contributed by atoms with Crippen LogP contribution in [0.15, 0.2) is 6.20 Å². The van der Waals surface area contributed by atoms with Crippen molar-refractivity contribution in [3.8, 4) is 5.88 Å². The zero-order valence-electron chi connectivity index (χ0n) is 6.80. The standard InChI is InChI=1S/C4H7N2OS.FHO3S/c1-6-4(7-2)3-5-8-6;1-5(2,3)4/h3H,1-2H3;(H,2,3,4)/q+1;/p-1.